The molecule has 0 atom stereocenters. The number of rotatable bonds is 8. The fourth-order valence-electron chi connectivity index (χ4n) is 1.37. The SMILES string of the molecule is CCCCC/C=C\CCCCC#CCO. The van der Waals surface area contributed by atoms with Gasteiger partial charge in [0.15, 0.2) is 0 Å². The number of hydrogen-bond donors (Lipinski definition) is 1. The summed E-state index contributed by atoms with van der Waals surface area (Å²) in [6, 6.07) is 0. The minimum absolute atomic E-state index is 0.00265. The zero-order chi connectivity index (χ0) is 11.2. The molecule has 0 aliphatic carbocycles. The Morgan fingerprint density at radius 1 is 0.933 bits per heavy atom. The lowest BCUT2D eigenvalue weighted by molar-refractivity contribution is 0.350. The van der Waals surface area contributed by atoms with E-state index in [1.165, 1.54) is 38.5 Å². The highest BCUT2D eigenvalue weighted by molar-refractivity contribution is 4.98. The van der Waals surface area contributed by atoms with Gasteiger partial charge in [0.05, 0.1) is 0 Å². The van der Waals surface area contributed by atoms with Crippen molar-refractivity contribution in [2.75, 3.05) is 6.61 Å². The van der Waals surface area contributed by atoms with Gasteiger partial charge in [-0.05, 0) is 32.1 Å². The Labute approximate surface area is 94.6 Å². The predicted octanol–water partition coefficient (Wildman–Crippen LogP) is 3.68. The Morgan fingerprint density at radius 3 is 2.20 bits per heavy atom. The lowest BCUT2D eigenvalue weighted by Crippen LogP contribution is -1.76. The Balaban J connectivity index is 3.09. The van der Waals surface area contributed by atoms with Gasteiger partial charge in [0.25, 0.3) is 0 Å². The van der Waals surface area contributed by atoms with Crippen molar-refractivity contribution in [3.8, 4) is 11.8 Å². The van der Waals surface area contributed by atoms with E-state index in [2.05, 4.69) is 30.9 Å². The van der Waals surface area contributed by atoms with Crippen molar-refractivity contribution in [2.45, 2.75) is 58.3 Å². The maximum absolute atomic E-state index is 8.42. The average molecular weight is 208 g/mol. The van der Waals surface area contributed by atoms with Crippen molar-refractivity contribution in [1.82, 2.24) is 0 Å². The minimum atomic E-state index is -0.00265. The maximum Gasteiger partial charge on any atom is 0.104 e. The molecule has 0 saturated carbocycles. The van der Waals surface area contributed by atoms with Crippen LogP contribution >= 0.6 is 0 Å². The van der Waals surface area contributed by atoms with Crippen molar-refractivity contribution in [2.24, 2.45) is 0 Å². The molecule has 0 aromatic rings. The molecule has 0 unspecified atom stereocenters. The Kier molecular flexibility index (Phi) is 12.6. The summed E-state index contributed by atoms with van der Waals surface area (Å²) in [4.78, 5) is 0. The van der Waals surface area contributed by atoms with E-state index in [1.807, 2.05) is 0 Å². The summed E-state index contributed by atoms with van der Waals surface area (Å²) in [6.45, 7) is 2.23. The standard InChI is InChI=1S/C14H24O/c1-2-3-4-5-6-7-8-9-10-11-12-13-14-15/h6-7,15H,2-5,8-11,14H2,1H3/b7-6-. The first kappa shape index (κ1) is 14.3. The molecule has 0 radical (unpaired) electrons. The minimum Gasteiger partial charge on any atom is -0.384 e. The largest absolute Gasteiger partial charge is 0.384 e. The van der Waals surface area contributed by atoms with Crippen LogP contribution in [0.1, 0.15) is 58.3 Å². The molecular formula is C14H24O. The summed E-state index contributed by atoms with van der Waals surface area (Å²) < 4.78 is 0. The van der Waals surface area contributed by atoms with E-state index >= 15 is 0 Å². The van der Waals surface area contributed by atoms with Crippen LogP contribution in [0.4, 0.5) is 0 Å². The van der Waals surface area contributed by atoms with E-state index in [-0.39, 0.29) is 6.61 Å². The van der Waals surface area contributed by atoms with Crippen LogP contribution in [0.5, 0.6) is 0 Å². The second kappa shape index (κ2) is 13.3. The van der Waals surface area contributed by atoms with Gasteiger partial charge in [-0.2, -0.15) is 0 Å². The van der Waals surface area contributed by atoms with Crippen molar-refractivity contribution in [3.05, 3.63) is 12.2 Å². The van der Waals surface area contributed by atoms with Crippen LogP contribution < -0.4 is 0 Å². The molecule has 0 bridgehead atoms. The van der Waals surface area contributed by atoms with E-state index < -0.39 is 0 Å². The lowest BCUT2D eigenvalue weighted by atomic mass is 10.1. The van der Waals surface area contributed by atoms with Crippen LogP contribution in [-0.2, 0) is 0 Å². The first-order chi connectivity index (χ1) is 7.41. The number of aliphatic hydroxyl groups excluding tert-OH is 1. The fourth-order valence-corrected chi connectivity index (χ4v) is 1.37. The molecule has 0 rings (SSSR count). The van der Waals surface area contributed by atoms with Gasteiger partial charge in [-0.25, -0.2) is 0 Å². The molecule has 1 nitrogen and oxygen atoms in total. The van der Waals surface area contributed by atoms with Crippen LogP contribution in [0.25, 0.3) is 0 Å². The topological polar surface area (TPSA) is 20.2 Å². The molecule has 0 aliphatic rings. The van der Waals surface area contributed by atoms with Gasteiger partial charge in [0.2, 0.25) is 0 Å². The highest BCUT2D eigenvalue weighted by Gasteiger charge is 1.84. The number of aliphatic hydroxyl groups is 1. The third-order valence-corrected chi connectivity index (χ3v) is 2.27. The van der Waals surface area contributed by atoms with Gasteiger partial charge in [-0.3, -0.25) is 0 Å². The maximum atomic E-state index is 8.42. The number of hydrogen-bond acceptors (Lipinski definition) is 1. The second-order valence-corrected chi connectivity index (χ2v) is 3.72. The van der Waals surface area contributed by atoms with Crippen LogP contribution in [-0.4, -0.2) is 11.7 Å². The molecule has 0 amide bonds. The van der Waals surface area contributed by atoms with Crippen LogP contribution in [0.2, 0.25) is 0 Å². The fraction of sp³-hybridized carbons (Fsp3) is 0.714. The molecule has 1 N–H and O–H groups in total. The van der Waals surface area contributed by atoms with Gasteiger partial charge in [0.1, 0.15) is 6.61 Å². The zero-order valence-corrected chi connectivity index (χ0v) is 9.97. The molecule has 1 heteroatoms. The average Bonchev–Trinajstić information content (AvgIpc) is 2.26. The van der Waals surface area contributed by atoms with Gasteiger partial charge in [-0.15, -0.1) is 5.92 Å². The summed E-state index contributed by atoms with van der Waals surface area (Å²) in [6.07, 6.45) is 14.3. The molecule has 86 valence electrons. The monoisotopic (exact) mass is 208 g/mol. The molecule has 0 aromatic carbocycles. The highest BCUT2D eigenvalue weighted by Crippen LogP contribution is 2.03. The summed E-state index contributed by atoms with van der Waals surface area (Å²) in [7, 11) is 0. The van der Waals surface area contributed by atoms with Crippen molar-refractivity contribution in [3.63, 3.8) is 0 Å². The molecule has 0 spiro atoms. The van der Waals surface area contributed by atoms with E-state index in [0.717, 1.165) is 12.8 Å². The summed E-state index contributed by atoms with van der Waals surface area (Å²) in [5.74, 6) is 5.59. The third-order valence-electron chi connectivity index (χ3n) is 2.27. The van der Waals surface area contributed by atoms with Crippen LogP contribution in [0.3, 0.4) is 0 Å². The van der Waals surface area contributed by atoms with Crippen LogP contribution in [0, 0.1) is 11.8 Å². The van der Waals surface area contributed by atoms with Crippen LogP contribution in [0.15, 0.2) is 12.2 Å². The number of allylic oxidation sites excluding steroid dienone is 2. The molecule has 0 aromatic heterocycles. The summed E-state index contributed by atoms with van der Waals surface area (Å²) in [5.41, 5.74) is 0. The summed E-state index contributed by atoms with van der Waals surface area (Å²) in [5, 5.41) is 8.42. The Morgan fingerprint density at radius 2 is 1.60 bits per heavy atom. The highest BCUT2D eigenvalue weighted by atomic mass is 16.2. The first-order valence-electron chi connectivity index (χ1n) is 6.13. The van der Waals surface area contributed by atoms with Crippen molar-refractivity contribution in [1.29, 1.82) is 0 Å². The van der Waals surface area contributed by atoms with Gasteiger partial charge < -0.3 is 5.11 Å². The molecule has 0 saturated heterocycles. The smallest absolute Gasteiger partial charge is 0.104 e. The van der Waals surface area contributed by atoms with Crippen molar-refractivity contribution >= 4 is 0 Å². The quantitative estimate of drug-likeness (QED) is 0.366. The van der Waals surface area contributed by atoms with E-state index in [4.69, 9.17) is 5.11 Å². The Bertz CT molecular complexity index is 195. The zero-order valence-electron chi connectivity index (χ0n) is 9.97. The van der Waals surface area contributed by atoms with Crippen molar-refractivity contribution < 1.29 is 5.11 Å². The van der Waals surface area contributed by atoms with Gasteiger partial charge >= 0.3 is 0 Å². The Hall–Kier alpha value is -0.740. The van der Waals surface area contributed by atoms with Gasteiger partial charge in [-0.1, -0.05) is 37.8 Å². The molecule has 0 heterocycles. The third kappa shape index (κ3) is 13.3. The normalized spacial score (nSPS) is 10.3. The lowest BCUT2D eigenvalue weighted by Gasteiger charge is -1.93. The molecule has 0 aliphatic heterocycles. The summed E-state index contributed by atoms with van der Waals surface area (Å²) >= 11 is 0. The molecule has 0 fully saturated rings. The van der Waals surface area contributed by atoms with E-state index in [0.29, 0.717) is 0 Å². The van der Waals surface area contributed by atoms with Gasteiger partial charge in [0, 0.05) is 6.42 Å². The first-order valence-corrected chi connectivity index (χ1v) is 6.13. The van der Waals surface area contributed by atoms with E-state index in [1.54, 1.807) is 0 Å². The predicted molar refractivity (Wildman–Crippen MR) is 66.6 cm³/mol. The molecule has 15 heavy (non-hydrogen) atoms. The van der Waals surface area contributed by atoms with E-state index in [9.17, 15) is 0 Å². The number of unbranched alkanes of at least 4 members (excludes halogenated alkanes) is 6. The molecular weight excluding hydrogens is 184 g/mol. The second-order valence-electron chi connectivity index (χ2n) is 3.72.